The minimum atomic E-state index is -3.46. The summed E-state index contributed by atoms with van der Waals surface area (Å²) >= 11 is 1.75. The van der Waals surface area contributed by atoms with Gasteiger partial charge in [0.1, 0.15) is 12.4 Å². The molecule has 0 unspecified atom stereocenters. The van der Waals surface area contributed by atoms with Crippen LogP contribution in [0.3, 0.4) is 0 Å². The van der Waals surface area contributed by atoms with Crippen molar-refractivity contribution < 1.29 is 17.9 Å². The van der Waals surface area contributed by atoms with Gasteiger partial charge in [-0.2, -0.15) is 0 Å². The summed E-state index contributed by atoms with van der Waals surface area (Å²) in [7, 11) is -0.491. The average molecular weight is 471 g/mol. The number of hydrogen-bond donors (Lipinski definition) is 1. The maximum absolute atomic E-state index is 12.3. The quantitative estimate of drug-likeness (QED) is 0.358. The molecule has 0 aliphatic rings. The van der Waals surface area contributed by atoms with E-state index in [1.165, 1.54) is 31.1 Å². The molecule has 0 saturated heterocycles. The molecule has 0 radical (unpaired) electrons. The van der Waals surface area contributed by atoms with Crippen LogP contribution in [0.2, 0.25) is 0 Å². The van der Waals surface area contributed by atoms with Crippen LogP contribution in [-0.4, -0.2) is 45.9 Å². The first kappa shape index (κ1) is 23.8. The molecular formula is C24H26N2O4S2. The Kier molecular flexibility index (Phi) is 8.33. The minimum absolute atomic E-state index is 0.164. The lowest BCUT2D eigenvalue weighted by Gasteiger charge is -2.12. The number of carbonyl (C=O) groups is 1. The number of benzene rings is 3. The molecule has 3 rings (SSSR count). The van der Waals surface area contributed by atoms with E-state index in [1.54, 1.807) is 23.9 Å². The topological polar surface area (TPSA) is 75.7 Å². The highest BCUT2D eigenvalue weighted by Gasteiger charge is 2.16. The third-order valence-corrected chi connectivity index (χ3v) is 7.54. The number of nitrogens with zero attached hydrogens (tertiary/aromatic N) is 1. The highest BCUT2D eigenvalue weighted by molar-refractivity contribution is 7.98. The van der Waals surface area contributed by atoms with Crippen LogP contribution in [0.4, 0.5) is 0 Å². The zero-order valence-electron chi connectivity index (χ0n) is 18.0. The predicted octanol–water partition coefficient (Wildman–Crippen LogP) is 4.04. The summed E-state index contributed by atoms with van der Waals surface area (Å²) in [5.41, 5.74) is 1.75. The van der Waals surface area contributed by atoms with Gasteiger partial charge in [0.15, 0.2) is 0 Å². The first-order chi connectivity index (χ1) is 15.4. The molecule has 1 N–H and O–H groups in total. The number of amides is 1. The van der Waals surface area contributed by atoms with Crippen LogP contribution in [0.15, 0.2) is 88.7 Å². The average Bonchev–Trinajstić information content (AvgIpc) is 2.81. The Hall–Kier alpha value is -2.81. The number of hydrogen-bond acceptors (Lipinski definition) is 5. The Balaban J connectivity index is 1.42. The standard InChI is InChI=1S/C24H26N2O4S2/c1-26(2)32(28,29)23-14-12-21(13-15-23)30-17-16-25-24(27)20-10-8-19(9-11-20)18-31-22-6-4-3-5-7-22/h3-15H,16-18H2,1-2H3,(H,25,27). The first-order valence-electron chi connectivity index (χ1n) is 10.1. The summed E-state index contributed by atoms with van der Waals surface area (Å²) in [6, 6.07) is 24.0. The maximum atomic E-state index is 12.3. The Labute approximate surface area is 193 Å². The second-order valence-electron chi connectivity index (χ2n) is 7.16. The number of thioether (sulfide) groups is 1. The normalized spacial score (nSPS) is 11.3. The molecule has 0 aliphatic carbocycles. The van der Waals surface area contributed by atoms with E-state index in [1.807, 2.05) is 42.5 Å². The van der Waals surface area contributed by atoms with E-state index in [0.29, 0.717) is 17.9 Å². The largest absolute Gasteiger partial charge is 0.492 e. The van der Waals surface area contributed by atoms with Gasteiger partial charge in [0.2, 0.25) is 10.0 Å². The fourth-order valence-electron chi connectivity index (χ4n) is 2.79. The molecule has 3 aromatic rings. The predicted molar refractivity (Wildman–Crippen MR) is 128 cm³/mol. The lowest BCUT2D eigenvalue weighted by Crippen LogP contribution is -2.28. The lowest BCUT2D eigenvalue weighted by atomic mass is 10.1. The van der Waals surface area contributed by atoms with Crippen molar-refractivity contribution in [2.45, 2.75) is 15.5 Å². The Morgan fingerprint density at radius 1 is 0.938 bits per heavy atom. The van der Waals surface area contributed by atoms with Gasteiger partial charge in [0, 0.05) is 30.3 Å². The monoisotopic (exact) mass is 470 g/mol. The lowest BCUT2D eigenvalue weighted by molar-refractivity contribution is 0.0947. The molecule has 1 amide bonds. The van der Waals surface area contributed by atoms with Crippen LogP contribution in [0.5, 0.6) is 5.75 Å². The van der Waals surface area contributed by atoms with E-state index in [4.69, 9.17) is 4.74 Å². The molecule has 0 saturated carbocycles. The van der Waals surface area contributed by atoms with Crippen molar-refractivity contribution in [2.75, 3.05) is 27.2 Å². The van der Waals surface area contributed by atoms with Crippen molar-refractivity contribution in [1.29, 1.82) is 0 Å². The highest BCUT2D eigenvalue weighted by atomic mass is 32.2. The van der Waals surface area contributed by atoms with Gasteiger partial charge in [-0.15, -0.1) is 11.8 Å². The molecule has 168 valence electrons. The first-order valence-corrected chi connectivity index (χ1v) is 12.5. The van der Waals surface area contributed by atoms with Crippen LogP contribution >= 0.6 is 11.8 Å². The van der Waals surface area contributed by atoms with Crippen LogP contribution in [0.1, 0.15) is 15.9 Å². The van der Waals surface area contributed by atoms with E-state index in [-0.39, 0.29) is 17.4 Å². The van der Waals surface area contributed by atoms with Crippen LogP contribution in [0.25, 0.3) is 0 Å². The van der Waals surface area contributed by atoms with Crippen LogP contribution < -0.4 is 10.1 Å². The number of nitrogens with one attached hydrogen (secondary N) is 1. The smallest absolute Gasteiger partial charge is 0.251 e. The van der Waals surface area contributed by atoms with Gasteiger partial charge in [0.25, 0.3) is 5.91 Å². The van der Waals surface area contributed by atoms with Crippen molar-refractivity contribution in [3.8, 4) is 5.75 Å². The Morgan fingerprint density at radius 3 is 2.22 bits per heavy atom. The molecule has 8 heteroatoms. The fourth-order valence-corrected chi connectivity index (χ4v) is 4.57. The second kappa shape index (κ2) is 11.2. The summed E-state index contributed by atoms with van der Waals surface area (Å²) in [4.78, 5) is 13.7. The van der Waals surface area contributed by atoms with E-state index < -0.39 is 10.0 Å². The van der Waals surface area contributed by atoms with Crippen molar-refractivity contribution in [3.05, 3.63) is 90.0 Å². The molecule has 0 aliphatic heterocycles. The van der Waals surface area contributed by atoms with E-state index in [0.717, 1.165) is 15.6 Å². The second-order valence-corrected chi connectivity index (χ2v) is 10.4. The van der Waals surface area contributed by atoms with Gasteiger partial charge in [0.05, 0.1) is 11.4 Å². The molecule has 0 heterocycles. The summed E-state index contributed by atoms with van der Waals surface area (Å²) in [5.74, 6) is 1.22. The number of ether oxygens (including phenoxy) is 1. The molecule has 0 spiro atoms. The van der Waals surface area contributed by atoms with E-state index in [9.17, 15) is 13.2 Å². The summed E-state index contributed by atoms with van der Waals surface area (Å²) in [6.07, 6.45) is 0. The fraction of sp³-hybridized carbons (Fsp3) is 0.208. The number of rotatable bonds is 10. The van der Waals surface area contributed by atoms with Gasteiger partial charge in [-0.3, -0.25) is 4.79 Å². The third-order valence-electron chi connectivity index (χ3n) is 4.62. The molecule has 0 bridgehead atoms. The Morgan fingerprint density at radius 2 is 1.59 bits per heavy atom. The molecule has 0 fully saturated rings. The zero-order chi connectivity index (χ0) is 23.0. The van der Waals surface area contributed by atoms with Gasteiger partial charge in [-0.1, -0.05) is 30.3 Å². The van der Waals surface area contributed by atoms with Gasteiger partial charge < -0.3 is 10.1 Å². The van der Waals surface area contributed by atoms with Crippen molar-refractivity contribution in [3.63, 3.8) is 0 Å². The Bertz CT molecular complexity index is 1110. The SMILES string of the molecule is CN(C)S(=O)(=O)c1ccc(OCCNC(=O)c2ccc(CSc3ccccc3)cc2)cc1. The molecule has 0 atom stereocenters. The van der Waals surface area contributed by atoms with E-state index in [2.05, 4.69) is 17.4 Å². The van der Waals surface area contributed by atoms with Crippen molar-refractivity contribution >= 4 is 27.7 Å². The van der Waals surface area contributed by atoms with E-state index >= 15 is 0 Å². The summed E-state index contributed by atoms with van der Waals surface area (Å²) in [6.45, 7) is 0.611. The maximum Gasteiger partial charge on any atom is 0.251 e. The number of carbonyl (C=O) groups excluding carboxylic acids is 1. The molecule has 32 heavy (non-hydrogen) atoms. The van der Waals surface area contributed by atoms with Gasteiger partial charge in [-0.05, 0) is 54.1 Å². The van der Waals surface area contributed by atoms with Crippen molar-refractivity contribution in [1.82, 2.24) is 9.62 Å². The zero-order valence-corrected chi connectivity index (χ0v) is 19.7. The molecule has 6 nitrogen and oxygen atoms in total. The minimum Gasteiger partial charge on any atom is -0.492 e. The highest BCUT2D eigenvalue weighted by Crippen LogP contribution is 2.22. The van der Waals surface area contributed by atoms with Crippen molar-refractivity contribution in [2.24, 2.45) is 0 Å². The van der Waals surface area contributed by atoms with Gasteiger partial charge >= 0.3 is 0 Å². The molecule has 3 aromatic carbocycles. The van der Waals surface area contributed by atoms with Crippen LogP contribution in [-0.2, 0) is 15.8 Å². The third kappa shape index (κ3) is 6.59. The summed E-state index contributed by atoms with van der Waals surface area (Å²) in [5, 5.41) is 2.83. The van der Waals surface area contributed by atoms with Gasteiger partial charge in [-0.25, -0.2) is 12.7 Å². The van der Waals surface area contributed by atoms with Crippen LogP contribution in [0, 0.1) is 0 Å². The molecular weight excluding hydrogens is 444 g/mol. The number of sulfonamides is 1. The molecule has 0 aromatic heterocycles. The summed E-state index contributed by atoms with van der Waals surface area (Å²) < 4.78 is 30.9.